The van der Waals surface area contributed by atoms with Crippen molar-refractivity contribution < 1.29 is 23.8 Å². The van der Waals surface area contributed by atoms with Crippen molar-refractivity contribution in [3.8, 4) is 0 Å². The minimum absolute atomic E-state index is 0.0786. The highest BCUT2D eigenvalue weighted by atomic mass is 16.6. The SMILES string of the molecule is CCCCC/C=C\C/C=C\CCCCCCCCCCCC(=O)OCC(COCCCCCCCC)OC(=O)CCCCCCC/C=C\C/C=C\CCCCC. The molecule has 0 bridgehead atoms. The van der Waals surface area contributed by atoms with Crippen LogP contribution in [-0.4, -0.2) is 37.9 Å². The third kappa shape index (κ3) is 44.6. The number of carbonyl (C=O) groups excluding carboxylic acids is 2. The van der Waals surface area contributed by atoms with Gasteiger partial charge in [-0.1, -0.05) is 191 Å². The fourth-order valence-electron chi connectivity index (χ4n) is 6.69. The van der Waals surface area contributed by atoms with Gasteiger partial charge in [0.1, 0.15) is 6.61 Å². The Labute approximate surface area is 348 Å². The minimum Gasteiger partial charge on any atom is -0.462 e. The first-order chi connectivity index (χ1) is 27.6. The molecule has 0 aliphatic heterocycles. The van der Waals surface area contributed by atoms with Crippen molar-refractivity contribution in [1.29, 1.82) is 0 Å². The maximum atomic E-state index is 12.7. The number of esters is 2. The molecule has 0 heterocycles. The highest BCUT2D eigenvalue weighted by Gasteiger charge is 2.17. The molecule has 5 heteroatoms. The van der Waals surface area contributed by atoms with Crippen LogP contribution in [0.3, 0.4) is 0 Å². The van der Waals surface area contributed by atoms with Crippen LogP contribution in [0.4, 0.5) is 0 Å². The molecule has 326 valence electrons. The van der Waals surface area contributed by atoms with Crippen molar-refractivity contribution in [3.63, 3.8) is 0 Å². The van der Waals surface area contributed by atoms with E-state index in [1.165, 1.54) is 141 Å². The van der Waals surface area contributed by atoms with E-state index >= 15 is 0 Å². The van der Waals surface area contributed by atoms with Crippen molar-refractivity contribution in [2.45, 2.75) is 245 Å². The lowest BCUT2D eigenvalue weighted by molar-refractivity contribution is -0.163. The topological polar surface area (TPSA) is 61.8 Å². The quantitative estimate of drug-likeness (QED) is 0.0350. The lowest BCUT2D eigenvalue weighted by Crippen LogP contribution is -2.30. The smallest absolute Gasteiger partial charge is 0.306 e. The number of allylic oxidation sites excluding steroid dienone is 8. The third-order valence-corrected chi connectivity index (χ3v) is 10.3. The van der Waals surface area contributed by atoms with Crippen LogP contribution in [-0.2, 0) is 23.8 Å². The summed E-state index contributed by atoms with van der Waals surface area (Å²) in [5.74, 6) is -0.416. The van der Waals surface area contributed by atoms with Gasteiger partial charge in [-0.25, -0.2) is 0 Å². The molecule has 0 N–H and O–H groups in total. The molecule has 0 spiro atoms. The summed E-state index contributed by atoms with van der Waals surface area (Å²) in [7, 11) is 0. The van der Waals surface area contributed by atoms with E-state index in [1.807, 2.05) is 0 Å². The van der Waals surface area contributed by atoms with Crippen LogP contribution in [0.5, 0.6) is 0 Å². The largest absolute Gasteiger partial charge is 0.462 e. The molecule has 0 aromatic rings. The highest BCUT2D eigenvalue weighted by Crippen LogP contribution is 2.14. The van der Waals surface area contributed by atoms with Crippen LogP contribution in [0.25, 0.3) is 0 Å². The fourth-order valence-corrected chi connectivity index (χ4v) is 6.69. The van der Waals surface area contributed by atoms with Crippen LogP contribution >= 0.6 is 0 Å². The number of rotatable bonds is 44. The first-order valence-corrected chi connectivity index (χ1v) is 24.2. The summed E-state index contributed by atoms with van der Waals surface area (Å²) in [6.07, 6.45) is 56.9. The highest BCUT2D eigenvalue weighted by molar-refractivity contribution is 5.70. The maximum absolute atomic E-state index is 12.7. The fraction of sp³-hybridized carbons (Fsp3) is 0.804. The Bertz CT molecular complexity index is 935. The first kappa shape index (κ1) is 53.9. The number of hydrogen-bond donors (Lipinski definition) is 0. The van der Waals surface area contributed by atoms with Crippen molar-refractivity contribution >= 4 is 11.9 Å². The summed E-state index contributed by atoms with van der Waals surface area (Å²) in [5, 5.41) is 0. The van der Waals surface area contributed by atoms with Gasteiger partial charge in [0.15, 0.2) is 6.10 Å². The normalized spacial score (nSPS) is 12.6. The second-order valence-corrected chi connectivity index (χ2v) is 16.0. The number of ether oxygens (including phenoxy) is 3. The van der Waals surface area contributed by atoms with Gasteiger partial charge in [-0.15, -0.1) is 0 Å². The number of hydrogen-bond acceptors (Lipinski definition) is 5. The van der Waals surface area contributed by atoms with E-state index in [0.717, 1.165) is 64.2 Å². The molecule has 0 radical (unpaired) electrons. The van der Waals surface area contributed by atoms with Gasteiger partial charge in [0, 0.05) is 19.4 Å². The Morgan fingerprint density at radius 2 is 0.750 bits per heavy atom. The van der Waals surface area contributed by atoms with Gasteiger partial charge < -0.3 is 14.2 Å². The van der Waals surface area contributed by atoms with Crippen LogP contribution < -0.4 is 0 Å². The second-order valence-electron chi connectivity index (χ2n) is 16.0. The monoisotopic (exact) mass is 785 g/mol. The molecule has 0 aliphatic rings. The summed E-state index contributed by atoms with van der Waals surface area (Å²) >= 11 is 0. The summed E-state index contributed by atoms with van der Waals surface area (Å²) in [6, 6.07) is 0. The van der Waals surface area contributed by atoms with Crippen molar-refractivity contribution in [3.05, 3.63) is 48.6 Å². The van der Waals surface area contributed by atoms with Crippen molar-refractivity contribution in [2.75, 3.05) is 19.8 Å². The zero-order valence-corrected chi connectivity index (χ0v) is 37.4. The van der Waals surface area contributed by atoms with Gasteiger partial charge in [-0.05, 0) is 83.5 Å². The van der Waals surface area contributed by atoms with Crippen molar-refractivity contribution in [2.24, 2.45) is 0 Å². The molecule has 56 heavy (non-hydrogen) atoms. The van der Waals surface area contributed by atoms with Gasteiger partial charge in [-0.2, -0.15) is 0 Å². The Balaban J connectivity index is 4.10. The number of unbranched alkanes of at least 4 members (excludes halogenated alkanes) is 25. The van der Waals surface area contributed by atoms with E-state index in [9.17, 15) is 9.59 Å². The molecule has 1 atom stereocenters. The molecule has 5 nitrogen and oxygen atoms in total. The van der Waals surface area contributed by atoms with Crippen LogP contribution in [0.1, 0.15) is 239 Å². The Hall–Kier alpha value is -2.14. The average molecular weight is 785 g/mol. The predicted octanol–water partition coefficient (Wildman–Crippen LogP) is 16.0. The van der Waals surface area contributed by atoms with E-state index < -0.39 is 6.10 Å². The van der Waals surface area contributed by atoms with Crippen molar-refractivity contribution in [1.82, 2.24) is 0 Å². The lowest BCUT2D eigenvalue weighted by atomic mass is 10.1. The lowest BCUT2D eigenvalue weighted by Gasteiger charge is -2.18. The van der Waals surface area contributed by atoms with E-state index in [0.29, 0.717) is 19.4 Å². The standard InChI is InChI=1S/C51H92O5/c1-4-7-10-13-16-18-20-22-24-25-26-27-29-30-32-34-36-38-41-44-50(52)55-48-49(47-54-46-43-40-15-12-9-6-3)56-51(53)45-42-39-37-35-33-31-28-23-21-19-17-14-11-8-5-2/h16-19,22-24,28,49H,4-15,20-21,25-27,29-48H2,1-3H3/b18-16-,19-17-,24-22-,28-23-. The Morgan fingerprint density at radius 1 is 0.393 bits per heavy atom. The summed E-state index contributed by atoms with van der Waals surface area (Å²) in [6.45, 7) is 7.73. The van der Waals surface area contributed by atoms with Gasteiger partial charge in [0.05, 0.1) is 6.61 Å². The van der Waals surface area contributed by atoms with Gasteiger partial charge in [0.25, 0.3) is 0 Å². The molecule has 0 amide bonds. The van der Waals surface area contributed by atoms with Gasteiger partial charge in [-0.3, -0.25) is 9.59 Å². The third-order valence-electron chi connectivity index (χ3n) is 10.3. The second kappa shape index (κ2) is 47.2. The average Bonchev–Trinajstić information content (AvgIpc) is 3.20. The molecule has 0 aromatic heterocycles. The Kier molecular flexibility index (Phi) is 45.4. The zero-order chi connectivity index (χ0) is 40.7. The molecule has 1 unspecified atom stereocenters. The van der Waals surface area contributed by atoms with E-state index in [4.69, 9.17) is 14.2 Å². The molecule has 0 saturated heterocycles. The molecule has 0 aromatic carbocycles. The maximum Gasteiger partial charge on any atom is 0.306 e. The predicted molar refractivity (Wildman–Crippen MR) is 242 cm³/mol. The van der Waals surface area contributed by atoms with E-state index in [-0.39, 0.29) is 25.2 Å². The van der Waals surface area contributed by atoms with Crippen LogP contribution in [0.15, 0.2) is 48.6 Å². The van der Waals surface area contributed by atoms with Gasteiger partial charge in [0.2, 0.25) is 0 Å². The van der Waals surface area contributed by atoms with Gasteiger partial charge >= 0.3 is 11.9 Å². The number of carbonyl (C=O) groups is 2. The molecule has 0 saturated carbocycles. The van der Waals surface area contributed by atoms with Crippen LogP contribution in [0, 0.1) is 0 Å². The summed E-state index contributed by atoms with van der Waals surface area (Å²) in [5.41, 5.74) is 0. The zero-order valence-electron chi connectivity index (χ0n) is 37.4. The molecule has 0 aliphatic carbocycles. The summed E-state index contributed by atoms with van der Waals surface area (Å²) < 4.78 is 17.2. The first-order valence-electron chi connectivity index (χ1n) is 24.2. The molecular formula is C51H92O5. The molecular weight excluding hydrogens is 693 g/mol. The van der Waals surface area contributed by atoms with E-state index in [1.54, 1.807) is 0 Å². The summed E-state index contributed by atoms with van der Waals surface area (Å²) in [4.78, 5) is 25.2. The minimum atomic E-state index is -0.539. The molecule has 0 rings (SSSR count). The molecule has 0 fully saturated rings. The van der Waals surface area contributed by atoms with Crippen LogP contribution in [0.2, 0.25) is 0 Å². The Morgan fingerprint density at radius 3 is 1.21 bits per heavy atom. The van der Waals surface area contributed by atoms with E-state index in [2.05, 4.69) is 69.4 Å².